The fourth-order valence-electron chi connectivity index (χ4n) is 5.78. The molecule has 0 spiro atoms. The van der Waals surface area contributed by atoms with Gasteiger partial charge in [0.25, 0.3) is 5.56 Å². The molecule has 0 saturated carbocycles. The van der Waals surface area contributed by atoms with Crippen LogP contribution >= 0.6 is 0 Å². The average Bonchev–Trinajstić information content (AvgIpc) is 2.98. The molecule has 0 bridgehead atoms. The molecule has 0 amide bonds. The first-order valence-electron chi connectivity index (χ1n) is 15.4. The number of benzene rings is 2. The summed E-state index contributed by atoms with van der Waals surface area (Å²) in [6, 6.07) is 11.9. The van der Waals surface area contributed by atoms with Gasteiger partial charge in [0.2, 0.25) is 11.8 Å². The first-order valence-corrected chi connectivity index (χ1v) is 15.4. The second-order valence-corrected chi connectivity index (χ2v) is 12.5. The summed E-state index contributed by atoms with van der Waals surface area (Å²) < 4.78 is 46.3. The molecule has 3 N–H and O–H groups in total. The molecule has 45 heavy (non-hydrogen) atoms. The lowest BCUT2D eigenvalue weighted by atomic mass is 9.99. The Balaban J connectivity index is 1.58. The van der Waals surface area contributed by atoms with Crippen molar-refractivity contribution in [2.75, 3.05) is 36.8 Å². The maximum absolute atomic E-state index is 13.3. The number of rotatable bonds is 10. The van der Waals surface area contributed by atoms with Crippen molar-refractivity contribution in [1.29, 1.82) is 0 Å². The number of aromatic amines is 1. The fraction of sp³-hybridized carbons (Fsp3) is 0.455. The zero-order chi connectivity index (χ0) is 32.3. The summed E-state index contributed by atoms with van der Waals surface area (Å²) >= 11 is 0. The topological polar surface area (TPSA) is 113 Å². The van der Waals surface area contributed by atoms with Crippen molar-refractivity contribution in [1.82, 2.24) is 24.8 Å². The molecular formula is C33H40F3N7O2. The Labute approximate surface area is 260 Å². The lowest BCUT2D eigenvalue weighted by Crippen LogP contribution is -2.49. The highest BCUT2D eigenvalue weighted by atomic mass is 19.4. The van der Waals surface area contributed by atoms with E-state index in [1.807, 2.05) is 0 Å². The largest absolute Gasteiger partial charge is 0.436 e. The number of nitrogens with one attached hydrogen (secondary N) is 1. The van der Waals surface area contributed by atoms with E-state index >= 15 is 0 Å². The van der Waals surface area contributed by atoms with Gasteiger partial charge in [0.05, 0.1) is 16.8 Å². The third-order valence-electron chi connectivity index (χ3n) is 7.77. The van der Waals surface area contributed by atoms with Gasteiger partial charge in [-0.3, -0.25) is 9.69 Å². The Morgan fingerprint density at radius 2 is 1.80 bits per heavy atom. The molecule has 4 aromatic rings. The van der Waals surface area contributed by atoms with Crippen LogP contribution in [0.3, 0.4) is 0 Å². The summed E-state index contributed by atoms with van der Waals surface area (Å²) in [4.78, 5) is 33.4. The van der Waals surface area contributed by atoms with E-state index in [4.69, 9.17) is 20.4 Å². The van der Waals surface area contributed by atoms with Crippen molar-refractivity contribution < 1.29 is 17.9 Å². The first-order chi connectivity index (χ1) is 21.4. The molecule has 1 fully saturated rings. The van der Waals surface area contributed by atoms with E-state index in [-0.39, 0.29) is 17.6 Å². The number of nitrogens with zero attached hydrogens (tertiary/aromatic N) is 5. The number of nitrogens with two attached hydrogens (primary N) is 1. The SMILES string of the molecule is CC(C)CN(C[C@@H]1CCCCN1CC(C)C)c1nc(Oc2cccc3[nH]c(=O)c(N)nc23)cc(-c2ccc(C(F)(F)F)cc2)n1. The molecule has 2 aromatic heterocycles. The predicted octanol–water partition coefficient (Wildman–Crippen LogP) is 6.75. The van der Waals surface area contributed by atoms with E-state index < -0.39 is 17.3 Å². The van der Waals surface area contributed by atoms with Gasteiger partial charge in [-0.15, -0.1) is 0 Å². The number of anilines is 2. The lowest BCUT2D eigenvalue weighted by molar-refractivity contribution is -0.137. The van der Waals surface area contributed by atoms with Crippen LogP contribution in [0.1, 0.15) is 52.5 Å². The molecule has 12 heteroatoms. The molecule has 1 saturated heterocycles. The molecule has 240 valence electrons. The molecule has 2 aromatic carbocycles. The van der Waals surface area contributed by atoms with Crippen LogP contribution in [-0.4, -0.2) is 57.1 Å². The minimum atomic E-state index is -4.45. The van der Waals surface area contributed by atoms with E-state index in [1.54, 1.807) is 24.3 Å². The molecular weight excluding hydrogens is 583 g/mol. The Hall–Kier alpha value is -4.19. The number of hydrogen-bond acceptors (Lipinski definition) is 8. The maximum Gasteiger partial charge on any atom is 0.416 e. The highest BCUT2D eigenvalue weighted by molar-refractivity contribution is 5.82. The number of ether oxygens (including phenoxy) is 1. The summed E-state index contributed by atoms with van der Waals surface area (Å²) in [6.07, 6.45) is -1.08. The number of H-pyrrole nitrogens is 1. The van der Waals surface area contributed by atoms with Crippen LogP contribution in [0.4, 0.5) is 24.9 Å². The smallest absolute Gasteiger partial charge is 0.416 e. The van der Waals surface area contributed by atoms with Gasteiger partial charge in [-0.2, -0.15) is 18.2 Å². The zero-order valence-corrected chi connectivity index (χ0v) is 26.1. The zero-order valence-electron chi connectivity index (χ0n) is 26.1. The standard InChI is InChI=1S/C33H40F3N7O2/c1-20(2)17-42-15-6-5-8-24(42)19-43(18-21(3)4)32-39-26(22-11-13-23(14-12-22)33(34,35)36)16-28(40-32)45-27-10-7-9-25-29(27)41-30(37)31(44)38-25/h7,9-14,16,20-21,24H,5-6,8,15,17-19H2,1-4H3,(H2,37,41)(H,38,44)/t24-/m0/s1. The van der Waals surface area contributed by atoms with Gasteiger partial charge in [0.1, 0.15) is 5.52 Å². The van der Waals surface area contributed by atoms with Crippen LogP contribution in [0.2, 0.25) is 0 Å². The van der Waals surface area contributed by atoms with Gasteiger partial charge in [0.15, 0.2) is 11.6 Å². The van der Waals surface area contributed by atoms with E-state index in [9.17, 15) is 18.0 Å². The van der Waals surface area contributed by atoms with E-state index in [1.165, 1.54) is 18.6 Å². The molecule has 0 aliphatic carbocycles. The summed E-state index contributed by atoms with van der Waals surface area (Å²) in [6.45, 7) is 12.1. The van der Waals surface area contributed by atoms with Crippen molar-refractivity contribution >= 4 is 22.8 Å². The van der Waals surface area contributed by atoms with Crippen LogP contribution in [0.15, 0.2) is 53.3 Å². The van der Waals surface area contributed by atoms with Crippen LogP contribution in [0.25, 0.3) is 22.3 Å². The van der Waals surface area contributed by atoms with Gasteiger partial charge in [-0.05, 0) is 55.5 Å². The molecule has 1 atom stereocenters. The number of alkyl halides is 3. The Morgan fingerprint density at radius 1 is 1.04 bits per heavy atom. The quantitative estimate of drug-likeness (QED) is 0.200. The van der Waals surface area contributed by atoms with Gasteiger partial charge in [0, 0.05) is 37.3 Å². The predicted molar refractivity (Wildman–Crippen MR) is 170 cm³/mol. The number of piperidine rings is 1. The number of nitrogen functional groups attached to an aromatic ring is 1. The van der Waals surface area contributed by atoms with Gasteiger partial charge in [-0.1, -0.05) is 52.3 Å². The van der Waals surface area contributed by atoms with Crippen molar-refractivity contribution in [2.24, 2.45) is 11.8 Å². The molecule has 3 heterocycles. The minimum Gasteiger partial charge on any atom is -0.436 e. The van der Waals surface area contributed by atoms with Gasteiger partial charge in [-0.25, -0.2) is 9.97 Å². The third-order valence-corrected chi connectivity index (χ3v) is 7.77. The molecule has 5 rings (SSSR count). The average molecular weight is 624 g/mol. The highest BCUT2D eigenvalue weighted by Crippen LogP contribution is 2.34. The number of para-hydroxylation sites is 1. The second kappa shape index (κ2) is 13.4. The molecule has 0 radical (unpaired) electrons. The second-order valence-electron chi connectivity index (χ2n) is 12.5. The summed E-state index contributed by atoms with van der Waals surface area (Å²) in [7, 11) is 0. The Kier molecular flexibility index (Phi) is 9.62. The highest BCUT2D eigenvalue weighted by Gasteiger charge is 2.30. The number of fused-ring (bicyclic) bond motifs is 1. The molecule has 1 aliphatic heterocycles. The first kappa shape index (κ1) is 32.2. The van der Waals surface area contributed by atoms with E-state index in [0.717, 1.165) is 38.1 Å². The van der Waals surface area contributed by atoms with Crippen molar-refractivity contribution in [2.45, 2.75) is 59.2 Å². The van der Waals surface area contributed by atoms with E-state index in [0.29, 0.717) is 59.0 Å². The molecule has 0 unspecified atom stereocenters. The van der Waals surface area contributed by atoms with Crippen molar-refractivity contribution in [3.05, 3.63) is 64.4 Å². The van der Waals surface area contributed by atoms with Crippen LogP contribution < -0.4 is 20.9 Å². The summed E-state index contributed by atoms with van der Waals surface area (Å²) in [5.41, 5.74) is 6.25. The van der Waals surface area contributed by atoms with Crippen LogP contribution in [0.5, 0.6) is 11.6 Å². The monoisotopic (exact) mass is 623 g/mol. The Bertz CT molecular complexity index is 1670. The van der Waals surface area contributed by atoms with Crippen molar-refractivity contribution in [3.63, 3.8) is 0 Å². The maximum atomic E-state index is 13.3. The number of aromatic nitrogens is 4. The third kappa shape index (κ3) is 7.91. The van der Waals surface area contributed by atoms with Gasteiger partial charge >= 0.3 is 6.18 Å². The van der Waals surface area contributed by atoms with Crippen molar-refractivity contribution in [3.8, 4) is 22.9 Å². The molecule has 1 aliphatic rings. The number of likely N-dealkylation sites (tertiary alicyclic amines) is 1. The normalized spacial score (nSPS) is 16.1. The fourth-order valence-corrected chi connectivity index (χ4v) is 5.78. The summed E-state index contributed by atoms with van der Waals surface area (Å²) in [5, 5.41) is 0. The molecule has 9 nitrogen and oxygen atoms in total. The van der Waals surface area contributed by atoms with E-state index in [2.05, 4.69) is 47.5 Å². The minimum absolute atomic E-state index is 0.186. The van der Waals surface area contributed by atoms with Crippen LogP contribution in [0, 0.1) is 11.8 Å². The van der Waals surface area contributed by atoms with Gasteiger partial charge < -0.3 is 20.4 Å². The van der Waals surface area contributed by atoms with Crippen LogP contribution in [-0.2, 0) is 6.18 Å². The lowest BCUT2D eigenvalue weighted by Gasteiger charge is -2.40. The number of halogens is 3. The number of hydrogen-bond donors (Lipinski definition) is 2. The summed E-state index contributed by atoms with van der Waals surface area (Å²) in [5.74, 6) is 1.54. The Morgan fingerprint density at radius 3 is 2.49 bits per heavy atom.